The van der Waals surface area contributed by atoms with Crippen molar-refractivity contribution in [3.8, 4) is 17.2 Å². The molecule has 0 aromatic heterocycles. The number of rotatable bonds is 3. The zero-order valence-corrected chi connectivity index (χ0v) is 16.0. The molecule has 0 atom stereocenters. The molecule has 3 N–H and O–H groups in total. The third kappa shape index (κ3) is 2.43. The molecule has 0 unspecified atom stereocenters. The van der Waals surface area contributed by atoms with Crippen LogP contribution in [-0.4, -0.2) is 23.2 Å². The standard InChI is InChI=1S/C22H18ClNO4/c1-12-19(23)18(28-2)11-17-20(12)24-21(27)22(17,13-3-7-15(25)8-4-13)14-5-9-16(26)10-6-14/h3-11,25-26H,1-2H3,(H,24,27). The van der Waals surface area contributed by atoms with Crippen LogP contribution in [0, 0.1) is 6.92 Å². The van der Waals surface area contributed by atoms with Crippen LogP contribution < -0.4 is 10.1 Å². The van der Waals surface area contributed by atoms with Gasteiger partial charge in [-0.3, -0.25) is 4.79 Å². The van der Waals surface area contributed by atoms with Crippen molar-refractivity contribution in [3.05, 3.63) is 81.9 Å². The number of aromatic hydroxyl groups is 2. The number of hydrogen-bond donors (Lipinski definition) is 3. The van der Waals surface area contributed by atoms with Crippen molar-refractivity contribution >= 4 is 23.2 Å². The number of halogens is 1. The number of carbonyl (C=O) groups excluding carboxylic acids is 1. The number of nitrogens with one attached hydrogen (secondary N) is 1. The predicted molar refractivity (Wildman–Crippen MR) is 107 cm³/mol. The van der Waals surface area contributed by atoms with E-state index in [-0.39, 0.29) is 17.4 Å². The third-order valence-electron chi connectivity index (χ3n) is 5.27. The summed E-state index contributed by atoms with van der Waals surface area (Å²) in [5.41, 5.74) is 2.22. The first-order valence-electron chi connectivity index (χ1n) is 8.67. The molecule has 3 aromatic rings. The molecule has 0 saturated carbocycles. The molecule has 5 nitrogen and oxygen atoms in total. The molecule has 142 valence electrons. The second-order valence-electron chi connectivity index (χ2n) is 6.74. The molecule has 28 heavy (non-hydrogen) atoms. The molecule has 0 aliphatic carbocycles. The second kappa shape index (κ2) is 6.46. The molecule has 4 rings (SSSR count). The van der Waals surface area contributed by atoms with Crippen LogP contribution in [0.1, 0.15) is 22.3 Å². The molecule has 0 spiro atoms. The minimum absolute atomic E-state index is 0.105. The monoisotopic (exact) mass is 395 g/mol. The molecule has 3 aromatic carbocycles. The Morgan fingerprint density at radius 2 is 1.46 bits per heavy atom. The van der Waals surface area contributed by atoms with E-state index in [9.17, 15) is 15.0 Å². The Morgan fingerprint density at radius 1 is 0.964 bits per heavy atom. The lowest BCUT2D eigenvalue weighted by atomic mass is 9.70. The molecule has 0 saturated heterocycles. The normalized spacial score (nSPS) is 14.5. The number of amides is 1. The first-order valence-corrected chi connectivity index (χ1v) is 9.05. The molecule has 6 heteroatoms. The maximum Gasteiger partial charge on any atom is 0.244 e. The smallest absolute Gasteiger partial charge is 0.244 e. The zero-order chi connectivity index (χ0) is 20.1. The Hall–Kier alpha value is -3.18. The third-order valence-corrected chi connectivity index (χ3v) is 5.74. The highest BCUT2D eigenvalue weighted by Crippen LogP contribution is 2.52. The van der Waals surface area contributed by atoms with Crippen LogP contribution in [0.2, 0.25) is 5.02 Å². The number of anilines is 1. The summed E-state index contributed by atoms with van der Waals surface area (Å²) in [5.74, 6) is 0.434. The van der Waals surface area contributed by atoms with Gasteiger partial charge in [-0.15, -0.1) is 0 Å². The van der Waals surface area contributed by atoms with Gasteiger partial charge >= 0.3 is 0 Å². The van der Waals surface area contributed by atoms with E-state index in [0.29, 0.717) is 38.7 Å². The second-order valence-corrected chi connectivity index (χ2v) is 7.12. The topological polar surface area (TPSA) is 78.8 Å². The van der Waals surface area contributed by atoms with Crippen LogP contribution in [0.15, 0.2) is 54.6 Å². The van der Waals surface area contributed by atoms with Crippen LogP contribution in [-0.2, 0) is 10.2 Å². The Balaban J connectivity index is 2.11. The first kappa shape index (κ1) is 18.2. The Bertz CT molecular complexity index is 1030. The van der Waals surface area contributed by atoms with Gasteiger partial charge in [0.1, 0.15) is 22.7 Å². The van der Waals surface area contributed by atoms with E-state index in [1.54, 1.807) is 54.6 Å². The molecule has 1 aliphatic rings. The number of phenolic OH excluding ortho intramolecular Hbond substituents is 2. The van der Waals surface area contributed by atoms with Crippen molar-refractivity contribution in [1.82, 2.24) is 0 Å². The van der Waals surface area contributed by atoms with E-state index in [4.69, 9.17) is 16.3 Å². The summed E-state index contributed by atoms with van der Waals surface area (Å²) in [6.07, 6.45) is 0. The molecular formula is C22H18ClNO4. The van der Waals surface area contributed by atoms with Gasteiger partial charge in [-0.1, -0.05) is 35.9 Å². The Morgan fingerprint density at radius 3 is 1.93 bits per heavy atom. The van der Waals surface area contributed by atoms with Gasteiger partial charge in [0.2, 0.25) is 5.91 Å². The van der Waals surface area contributed by atoms with Crippen molar-refractivity contribution < 1.29 is 19.7 Å². The van der Waals surface area contributed by atoms with Crippen LogP contribution >= 0.6 is 11.6 Å². The van der Waals surface area contributed by atoms with Gasteiger partial charge in [-0.25, -0.2) is 0 Å². The van der Waals surface area contributed by atoms with Crippen molar-refractivity contribution in [2.45, 2.75) is 12.3 Å². The maximum absolute atomic E-state index is 13.5. The van der Waals surface area contributed by atoms with Crippen molar-refractivity contribution in [1.29, 1.82) is 0 Å². The number of carbonyl (C=O) groups is 1. The fourth-order valence-corrected chi connectivity index (χ4v) is 4.09. The zero-order valence-electron chi connectivity index (χ0n) is 15.3. The fraction of sp³-hybridized carbons (Fsp3) is 0.136. The van der Waals surface area contributed by atoms with Gasteiger partial charge in [0, 0.05) is 5.56 Å². The van der Waals surface area contributed by atoms with Crippen LogP contribution in [0.4, 0.5) is 5.69 Å². The Kier molecular flexibility index (Phi) is 4.20. The average molecular weight is 396 g/mol. The molecule has 1 heterocycles. The number of methoxy groups -OCH3 is 1. The number of fused-ring (bicyclic) bond motifs is 1. The summed E-state index contributed by atoms with van der Waals surface area (Å²) >= 11 is 6.41. The predicted octanol–water partition coefficient (Wildman–Crippen LogP) is 4.35. The molecule has 1 amide bonds. The quantitative estimate of drug-likeness (QED) is 0.615. The van der Waals surface area contributed by atoms with E-state index < -0.39 is 5.41 Å². The average Bonchev–Trinajstić information content (AvgIpc) is 2.99. The lowest BCUT2D eigenvalue weighted by molar-refractivity contribution is -0.118. The number of ether oxygens (including phenoxy) is 1. The molecule has 0 fully saturated rings. The van der Waals surface area contributed by atoms with Crippen molar-refractivity contribution in [3.63, 3.8) is 0 Å². The van der Waals surface area contributed by atoms with Gasteiger partial charge in [-0.05, 0) is 53.9 Å². The summed E-state index contributed by atoms with van der Waals surface area (Å²) in [4.78, 5) is 13.5. The molecule has 0 radical (unpaired) electrons. The number of phenols is 2. The number of benzene rings is 3. The van der Waals surface area contributed by atoms with E-state index in [1.807, 2.05) is 6.92 Å². The van der Waals surface area contributed by atoms with Gasteiger partial charge < -0.3 is 20.3 Å². The highest BCUT2D eigenvalue weighted by atomic mass is 35.5. The molecular weight excluding hydrogens is 378 g/mol. The SMILES string of the molecule is COc1cc2c(c(C)c1Cl)NC(=O)C2(c1ccc(O)cc1)c1ccc(O)cc1. The van der Waals surface area contributed by atoms with Gasteiger partial charge in [0.15, 0.2) is 0 Å². The van der Waals surface area contributed by atoms with E-state index in [1.165, 1.54) is 7.11 Å². The highest BCUT2D eigenvalue weighted by molar-refractivity contribution is 6.33. The summed E-state index contributed by atoms with van der Waals surface area (Å²) in [7, 11) is 1.53. The summed E-state index contributed by atoms with van der Waals surface area (Å²) < 4.78 is 5.44. The lowest BCUT2D eigenvalue weighted by Crippen LogP contribution is -2.36. The van der Waals surface area contributed by atoms with Gasteiger partial charge in [-0.2, -0.15) is 0 Å². The van der Waals surface area contributed by atoms with Gasteiger partial charge in [0.05, 0.1) is 17.8 Å². The molecule has 1 aliphatic heterocycles. The number of hydrogen-bond acceptors (Lipinski definition) is 4. The largest absolute Gasteiger partial charge is 0.508 e. The summed E-state index contributed by atoms with van der Waals surface area (Å²) in [5, 5.41) is 22.9. The Labute approximate surface area is 167 Å². The van der Waals surface area contributed by atoms with Crippen LogP contribution in [0.3, 0.4) is 0 Å². The summed E-state index contributed by atoms with van der Waals surface area (Å²) in [6, 6.07) is 14.8. The van der Waals surface area contributed by atoms with Crippen molar-refractivity contribution in [2.24, 2.45) is 0 Å². The lowest BCUT2D eigenvalue weighted by Gasteiger charge is -2.29. The fourth-order valence-electron chi connectivity index (χ4n) is 3.86. The first-order chi connectivity index (χ1) is 13.4. The van der Waals surface area contributed by atoms with E-state index >= 15 is 0 Å². The maximum atomic E-state index is 13.5. The van der Waals surface area contributed by atoms with E-state index in [0.717, 1.165) is 0 Å². The van der Waals surface area contributed by atoms with Crippen LogP contribution in [0.5, 0.6) is 17.2 Å². The van der Waals surface area contributed by atoms with Crippen LogP contribution in [0.25, 0.3) is 0 Å². The van der Waals surface area contributed by atoms with Crippen molar-refractivity contribution in [2.75, 3.05) is 12.4 Å². The highest BCUT2D eigenvalue weighted by Gasteiger charge is 2.51. The van der Waals surface area contributed by atoms with E-state index in [2.05, 4.69) is 5.32 Å². The molecule has 0 bridgehead atoms. The summed E-state index contributed by atoms with van der Waals surface area (Å²) in [6.45, 7) is 1.83. The minimum atomic E-state index is -1.18. The minimum Gasteiger partial charge on any atom is -0.508 e. The van der Waals surface area contributed by atoms with Gasteiger partial charge in [0.25, 0.3) is 0 Å².